The zero-order valence-corrected chi connectivity index (χ0v) is 13.4. The number of likely N-dealkylation sites (tertiary alicyclic amines) is 1. The van der Waals surface area contributed by atoms with Gasteiger partial charge in [0, 0.05) is 24.5 Å². The number of amides is 2. The molecule has 0 bridgehead atoms. The van der Waals surface area contributed by atoms with Crippen molar-refractivity contribution in [2.24, 2.45) is 5.41 Å². The summed E-state index contributed by atoms with van der Waals surface area (Å²) in [5, 5.41) is 3.04. The molecule has 1 aliphatic rings. The van der Waals surface area contributed by atoms with Crippen molar-refractivity contribution in [2.45, 2.75) is 39.7 Å². The van der Waals surface area contributed by atoms with E-state index in [4.69, 9.17) is 16.0 Å². The Morgan fingerprint density at radius 2 is 1.95 bits per heavy atom. The van der Waals surface area contributed by atoms with Gasteiger partial charge in [-0.1, -0.05) is 20.8 Å². The van der Waals surface area contributed by atoms with Crippen molar-refractivity contribution in [3.05, 3.63) is 23.1 Å². The van der Waals surface area contributed by atoms with Gasteiger partial charge in [0.05, 0.1) is 11.8 Å². The van der Waals surface area contributed by atoms with Crippen molar-refractivity contribution in [2.75, 3.05) is 13.1 Å². The molecule has 2 heterocycles. The summed E-state index contributed by atoms with van der Waals surface area (Å²) in [6.45, 7) is 7.10. The number of rotatable bonds is 2. The summed E-state index contributed by atoms with van der Waals surface area (Å²) in [6.07, 6.45) is 2.90. The second-order valence-corrected chi connectivity index (χ2v) is 6.74. The topological polar surface area (TPSA) is 62.6 Å². The highest BCUT2D eigenvalue weighted by atomic mass is 35.5. The first kappa shape index (κ1) is 15.9. The summed E-state index contributed by atoms with van der Waals surface area (Å²) in [5.41, 5.74) is -0.00899. The van der Waals surface area contributed by atoms with Gasteiger partial charge in [0.25, 0.3) is 5.91 Å². The fourth-order valence-electron chi connectivity index (χ4n) is 2.42. The van der Waals surface area contributed by atoms with Crippen LogP contribution in [0.4, 0.5) is 0 Å². The summed E-state index contributed by atoms with van der Waals surface area (Å²) in [7, 11) is 0. The molecule has 1 N–H and O–H groups in total. The third-order valence-electron chi connectivity index (χ3n) is 3.62. The van der Waals surface area contributed by atoms with Gasteiger partial charge in [0.2, 0.25) is 11.1 Å². The van der Waals surface area contributed by atoms with Crippen molar-refractivity contribution in [3.63, 3.8) is 0 Å². The zero-order valence-electron chi connectivity index (χ0n) is 12.6. The predicted octanol–water partition coefficient (Wildman–Crippen LogP) is 2.70. The van der Waals surface area contributed by atoms with Crippen LogP contribution >= 0.6 is 11.6 Å². The molecule has 21 heavy (non-hydrogen) atoms. The summed E-state index contributed by atoms with van der Waals surface area (Å²) < 4.78 is 4.91. The van der Waals surface area contributed by atoms with Gasteiger partial charge < -0.3 is 14.6 Å². The number of hydrogen-bond acceptors (Lipinski definition) is 3. The van der Waals surface area contributed by atoms with E-state index in [9.17, 15) is 9.59 Å². The SMILES string of the molecule is CC(C)(C)C(=O)N1CCC(NC(=O)c2ccoc2Cl)CC1. The van der Waals surface area contributed by atoms with Crippen LogP contribution < -0.4 is 5.32 Å². The molecule has 0 atom stereocenters. The number of nitrogens with zero attached hydrogens (tertiary/aromatic N) is 1. The summed E-state index contributed by atoms with van der Waals surface area (Å²) in [6, 6.07) is 1.61. The number of piperidine rings is 1. The lowest BCUT2D eigenvalue weighted by Crippen LogP contribution is -2.49. The van der Waals surface area contributed by atoms with E-state index in [0.717, 1.165) is 12.8 Å². The van der Waals surface area contributed by atoms with Crippen LogP contribution in [0.25, 0.3) is 0 Å². The van der Waals surface area contributed by atoms with E-state index in [-0.39, 0.29) is 28.5 Å². The number of hydrogen-bond donors (Lipinski definition) is 1. The molecule has 0 radical (unpaired) electrons. The molecule has 0 unspecified atom stereocenters. The highest BCUT2D eigenvalue weighted by Gasteiger charge is 2.31. The molecular weight excluding hydrogens is 292 g/mol. The molecule has 1 aromatic rings. The number of carbonyl (C=O) groups excluding carboxylic acids is 2. The first-order chi connectivity index (χ1) is 9.79. The fourth-order valence-corrected chi connectivity index (χ4v) is 2.62. The second-order valence-electron chi connectivity index (χ2n) is 6.40. The van der Waals surface area contributed by atoms with Crippen LogP contribution in [-0.4, -0.2) is 35.8 Å². The smallest absolute Gasteiger partial charge is 0.256 e. The minimum Gasteiger partial charge on any atom is -0.452 e. The highest BCUT2D eigenvalue weighted by Crippen LogP contribution is 2.22. The quantitative estimate of drug-likeness (QED) is 0.913. The maximum Gasteiger partial charge on any atom is 0.256 e. The highest BCUT2D eigenvalue weighted by molar-refractivity contribution is 6.32. The van der Waals surface area contributed by atoms with Crippen LogP contribution in [0, 0.1) is 5.41 Å². The third-order valence-corrected chi connectivity index (χ3v) is 3.91. The predicted molar refractivity (Wildman–Crippen MR) is 80.2 cm³/mol. The summed E-state index contributed by atoms with van der Waals surface area (Å²) >= 11 is 5.79. The molecule has 1 fully saturated rings. The van der Waals surface area contributed by atoms with E-state index in [0.29, 0.717) is 18.7 Å². The fraction of sp³-hybridized carbons (Fsp3) is 0.600. The molecule has 5 nitrogen and oxygen atoms in total. The summed E-state index contributed by atoms with van der Waals surface area (Å²) in [4.78, 5) is 26.1. The van der Waals surface area contributed by atoms with Crippen LogP contribution in [-0.2, 0) is 4.79 Å². The molecule has 116 valence electrons. The molecule has 1 aromatic heterocycles. The first-order valence-electron chi connectivity index (χ1n) is 7.12. The van der Waals surface area contributed by atoms with Gasteiger partial charge in [-0.3, -0.25) is 9.59 Å². The molecule has 0 spiro atoms. The van der Waals surface area contributed by atoms with E-state index in [1.54, 1.807) is 6.07 Å². The Kier molecular flexibility index (Phi) is 4.61. The minimum absolute atomic E-state index is 0.0625. The Morgan fingerprint density at radius 1 is 1.33 bits per heavy atom. The lowest BCUT2D eigenvalue weighted by atomic mass is 9.93. The van der Waals surface area contributed by atoms with E-state index in [2.05, 4.69) is 5.32 Å². The Morgan fingerprint density at radius 3 is 2.43 bits per heavy atom. The molecule has 6 heteroatoms. The van der Waals surface area contributed by atoms with E-state index in [1.165, 1.54) is 6.26 Å². The molecule has 2 rings (SSSR count). The van der Waals surface area contributed by atoms with Crippen molar-refractivity contribution in [3.8, 4) is 0 Å². The lowest BCUT2D eigenvalue weighted by Gasteiger charge is -2.35. The van der Waals surface area contributed by atoms with Gasteiger partial charge in [0.15, 0.2) is 0 Å². The summed E-state index contributed by atoms with van der Waals surface area (Å²) in [5.74, 6) is -0.0699. The van der Waals surface area contributed by atoms with Gasteiger partial charge >= 0.3 is 0 Å². The standard InChI is InChI=1S/C15H21ClN2O3/c1-15(2,3)14(20)18-7-4-10(5-8-18)17-13(19)11-6-9-21-12(11)16/h6,9-10H,4-5,7-8H2,1-3H3,(H,17,19). The van der Waals surface area contributed by atoms with Gasteiger partial charge in [0.1, 0.15) is 0 Å². The Labute approximate surface area is 129 Å². The number of carbonyl (C=O) groups is 2. The lowest BCUT2D eigenvalue weighted by molar-refractivity contribution is -0.140. The minimum atomic E-state index is -0.361. The average Bonchev–Trinajstić information content (AvgIpc) is 2.84. The molecule has 0 saturated carbocycles. The van der Waals surface area contributed by atoms with E-state index < -0.39 is 0 Å². The molecule has 2 amide bonds. The molecule has 0 aliphatic carbocycles. The Hall–Kier alpha value is -1.49. The second kappa shape index (κ2) is 6.10. The average molecular weight is 313 g/mol. The maximum absolute atomic E-state index is 12.2. The molecular formula is C15H21ClN2O3. The number of furan rings is 1. The van der Waals surface area contributed by atoms with Gasteiger partial charge in [-0.15, -0.1) is 0 Å². The van der Waals surface area contributed by atoms with Gasteiger partial charge in [-0.2, -0.15) is 0 Å². The number of nitrogens with one attached hydrogen (secondary N) is 1. The van der Waals surface area contributed by atoms with Gasteiger partial charge in [-0.05, 0) is 30.5 Å². The van der Waals surface area contributed by atoms with Crippen LogP contribution in [0.3, 0.4) is 0 Å². The normalized spacial score (nSPS) is 16.9. The Balaban J connectivity index is 1.86. The third kappa shape index (κ3) is 3.79. The number of halogens is 1. The van der Waals surface area contributed by atoms with E-state index in [1.807, 2.05) is 25.7 Å². The maximum atomic E-state index is 12.2. The van der Waals surface area contributed by atoms with E-state index >= 15 is 0 Å². The van der Waals surface area contributed by atoms with Gasteiger partial charge in [-0.25, -0.2) is 0 Å². The van der Waals surface area contributed by atoms with Crippen LogP contribution in [0.5, 0.6) is 0 Å². The monoisotopic (exact) mass is 312 g/mol. The molecule has 0 aromatic carbocycles. The molecule has 1 aliphatic heterocycles. The van der Waals surface area contributed by atoms with Crippen molar-refractivity contribution < 1.29 is 14.0 Å². The van der Waals surface area contributed by atoms with Crippen LogP contribution in [0.2, 0.25) is 5.22 Å². The largest absolute Gasteiger partial charge is 0.452 e. The van der Waals surface area contributed by atoms with Crippen LogP contribution in [0.1, 0.15) is 44.0 Å². The molecule has 1 saturated heterocycles. The Bertz CT molecular complexity index is 525. The van der Waals surface area contributed by atoms with Crippen molar-refractivity contribution >= 4 is 23.4 Å². The first-order valence-corrected chi connectivity index (χ1v) is 7.50. The zero-order chi connectivity index (χ0) is 15.6. The van der Waals surface area contributed by atoms with Crippen molar-refractivity contribution in [1.29, 1.82) is 0 Å². The van der Waals surface area contributed by atoms with Crippen molar-refractivity contribution in [1.82, 2.24) is 10.2 Å². The van der Waals surface area contributed by atoms with Crippen LogP contribution in [0.15, 0.2) is 16.7 Å².